The summed E-state index contributed by atoms with van der Waals surface area (Å²) in [6.07, 6.45) is 0. The van der Waals surface area contributed by atoms with Crippen LogP contribution in [0.25, 0.3) is 0 Å². The fraction of sp³-hybridized carbons (Fsp3) is 0.598. The molecular weight excluding hydrogens is 2230 g/mol. The fourth-order valence-corrected chi connectivity index (χ4v) is 11.7. The standard InChI is InChI=1S/7C14H21.7C2H6.3V.4W/c1-13(2,3)11-7-9-12(10-8-11)14(4,5)6;1-10(2)12-7-8-13(11(3)9-12)14(4,5)6;1-10(2)12-9-11(3)7-8-13(12)14(4,5)6;1-13(2,3)11-8-7-9-12(10-11)14(4,5)6;2*1-13(2,3)11-9-7-8-10-12(11)14(4,5)6;1-10(2)12-9-7-8-11(3)13(12)14(4,5)6;7*1-2;;;;;;;/h3*7-9H,1-6H3;7-8,10H,1-6H3;7,9-10H,1-6H3;2*7-9H,1-6H3;7*1-2H3;;;;;;;/q7*-1;;;;;;;;;;;;;;. The number of hydrogen-bond donors (Lipinski definition) is 0. The van der Waals surface area contributed by atoms with Crippen LogP contribution in [0.2, 0.25) is 0 Å². The minimum atomic E-state index is 0. The van der Waals surface area contributed by atoms with Crippen LogP contribution in [0, 0.1) is 62.8 Å². The van der Waals surface area contributed by atoms with Crippen LogP contribution >= 0.6 is 0 Å². The van der Waals surface area contributed by atoms with Gasteiger partial charge in [0, 0.05) is 140 Å². The first-order valence-corrected chi connectivity index (χ1v) is 43.7. The normalized spacial score (nSPS) is 10.6. The molecule has 0 heterocycles. The van der Waals surface area contributed by atoms with E-state index in [2.05, 4.69) is 424 Å². The summed E-state index contributed by atoms with van der Waals surface area (Å²) in [7, 11) is 0. The first kappa shape index (κ1) is 149. The van der Waals surface area contributed by atoms with Gasteiger partial charge in [-0.2, -0.15) is 184 Å². The van der Waals surface area contributed by atoms with Gasteiger partial charge in [-0.15, -0.1) is 62.7 Å². The average molecular weight is 2420 g/mol. The van der Waals surface area contributed by atoms with Gasteiger partial charge < -0.3 is 0 Å². The van der Waals surface area contributed by atoms with Crippen LogP contribution in [0.3, 0.4) is 0 Å². The van der Waals surface area contributed by atoms with Gasteiger partial charge in [-0.3, -0.25) is 0 Å². The Balaban J connectivity index is -0.0000000869. The van der Waals surface area contributed by atoms with Crippen LogP contribution in [0.15, 0.2) is 127 Å². The van der Waals surface area contributed by atoms with E-state index in [9.17, 15) is 0 Å². The van der Waals surface area contributed by atoms with Crippen molar-refractivity contribution in [3.05, 3.63) is 264 Å². The summed E-state index contributed by atoms with van der Waals surface area (Å²) in [5.74, 6) is 4.19. The third-order valence-corrected chi connectivity index (χ3v) is 17.6. The molecular formula is C112H189V3W4-7. The minimum Gasteiger partial charge on any atom is -0.189 e. The van der Waals surface area contributed by atoms with Gasteiger partial charge in [0.15, 0.2) is 0 Å². The molecule has 7 aromatic rings. The molecule has 0 fully saturated rings. The summed E-state index contributed by atoms with van der Waals surface area (Å²) in [5.41, 5.74) is 26.0. The summed E-state index contributed by atoms with van der Waals surface area (Å²) < 4.78 is 0. The minimum absolute atomic E-state index is 0. The van der Waals surface area contributed by atoms with E-state index in [1.165, 1.54) is 112 Å². The molecule has 0 saturated heterocycles. The molecule has 7 heteroatoms. The Labute approximate surface area is 842 Å². The van der Waals surface area contributed by atoms with E-state index in [1.807, 2.05) is 115 Å². The zero-order valence-electron chi connectivity index (χ0n) is 88.6. The molecule has 7 rings (SSSR count). The van der Waals surface area contributed by atoms with Gasteiger partial charge in [-0.1, -0.05) is 433 Å². The average Bonchev–Trinajstić information content (AvgIpc) is 0.810. The first-order chi connectivity index (χ1) is 50.9. The molecule has 0 unspecified atom stereocenters. The van der Waals surface area contributed by atoms with Gasteiger partial charge in [0.1, 0.15) is 0 Å². The SMILES string of the molecule is CC.CC.CC.CC.CC.CC.CC.CC(C)(C)c1[c-]cc(C(C)(C)C)cc1.CC(C)(C)c1[c-]ccc(C(C)(C)C)c1.CC(C)(C)c1[c-]cccc1C(C)(C)C.CC(C)(C)c1c[c-]ccc1C(C)(C)C.Cc1cc([C-](C)C)ccc1C(C)(C)C.Cc1ccc(C(C)(C)C)c([C-](C)C)c1.Cc1cccc([C-](C)C)c1C(C)(C)C.[V].[V].[V].[W].[W].[W].[W]. The fourth-order valence-electron chi connectivity index (χ4n) is 11.7. The third-order valence-electron chi connectivity index (χ3n) is 17.6. The number of benzene rings is 7. The molecule has 0 bridgehead atoms. The molecule has 7 aromatic carbocycles. The molecule has 0 nitrogen and oxygen atoms in total. The Kier molecular flexibility index (Phi) is 87.2. The van der Waals surface area contributed by atoms with E-state index in [0.29, 0.717) is 0 Å². The van der Waals surface area contributed by atoms with Crippen molar-refractivity contribution in [1.82, 2.24) is 0 Å². The van der Waals surface area contributed by atoms with E-state index in [0.717, 1.165) is 0 Å². The molecule has 0 aliphatic rings. The molecule has 119 heavy (non-hydrogen) atoms. The Bertz CT molecular complexity index is 3320. The van der Waals surface area contributed by atoms with Crippen LogP contribution in [0.1, 0.15) is 462 Å². The van der Waals surface area contributed by atoms with Gasteiger partial charge in [0.05, 0.1) is 0 Å². The second-order valence-corrected chi connectivity index (χ2v) is 39.7. The topological polar surface area (TPSA) is 0 Å². The van der Waals surface area contributed by atoms with Crippen molar-refractivity contribution in [1.29, 1.82) is 0 Å². The predicted molar refractivity (Wildman–Crippen MR) is 521 cm³/mol. The van der Waals surface area contributed by atoms with E-state index in [4.69, 9.17) is 0 Å². The maximum Gasteiger partial charge on any atom is 0 e. The zero-order valence-corrected chi connectivity index (χ0v) is 105. The number of aryl methyl sites for hydroxylation is 3. The molecule has 683 valence electrons. The van der Waals surface area contributed by atoms with Crippen molar-refractivity contribution in [2.24, 2.45) is 0 Å². The van der Waals surface area contributed by atoms with Gasteiger partial charge in [0.25, 0.3) is 0 Å². The first-order valence-electron chi connectivity index (χ1n) is 43.7. The molecule has 0 atom stereocenters. The van der Waals surface area contributed by atoms with Crippen molar-refractivity contribution in [3.63, 3.8) is 0 Å². The van der Waals surface area contributed by atoms with Crippen molar-refractivity contribution >= 4 is 0 Å². The molecule has 0 aromatic heterocycles. The predicted octanol–water partition coefficient (Wildman–Crippen LogP) is 36.3. The quantitative estimate of drug-likeness (QED) is 0.155. The Morgan fingerprint density at radius 1 is 0.252 bits per heavy atom. The summed E-state index contributed by atoms with van der Waals surface area (Å²) in [4.78, 5) is 0. The van der Waals surface area contributed by atoms with E-state index >= 15 is 0 Å². The molecule has 0 amide bonds. The van der Waals surface area contributed by atoms with Crippen molar-refractivity contribution < 1.29 is 140 Å². The Morgan fingerprint density at radius 2 is 0.655 bits per heavy atom. The number of hydrogen-bond acceptors (Lipinski definition) is 0. The van der Waals surface area contributed by atoms with Gasteiger partial charge in [-0.05, 0) is 32.5 Å². The summed E-state index contributed by atoms with van der Waals surface area (Å²) in [6, 6.07) is 59.0. The van der Waals surface area contributed by atoms with Gasteiger partial charge in [-0.25, -0.2) is 0 Å². The maximum absolute atomic E-state index is 3.38. The second-order valence-electron chi connectivity index (χ2n) is 39.7. The third kappa shape index (κ3) is 60.9. The molecule has 0 N–H and O–H groups in total. The van der Waals surface area contributed by atoms with E-state index < -0.39 is 0 Å². The van der Waals surface area contributed by atoms with Crippen molar-refractivity contribution in [2.75, 3.05) is 0 Å². The van der Waals surface area contributed by atoms with Gasteiger partial charge >= 0.3 is 0 Å². The zero-order chi connectivity index (χ0) is 90.7. The number of rotatable bonds is 3. The Hall–Kier alpha value is -1.34. The van der Waals surface area contributed by atoms with Crippen molar-refractivity contribution in [2.45, 2.75) is 447 Å². The molecule has 0 aliphatic carbocycles. The summed E-state index contributed by atoms with van der Waals surface area (Å²) in [6.45, 7) is 122. The molecule has 0 aliphatic heterocycles. The van der Waals surface area contributed by atoms with Crippen molar-refractivity contribution in [3.8, 4) is 0 Å². The van der Waals surface area contributed by atoms with Crippen LogP contribution in [0.5, 0.6) is 0 Å². The van der Waals surface area contributed by atoms with Crippen LogP contribution < -0.4 is 0 Å². The van der Waals surface area contributed by atoms with Gasteiger partial charge in [0.2, 0.25) is 0 Å². The smallest absolute Gasteiger partial charge is 0 e. The largest absolute Gasteiger partial charge is 0.189 e. The Morgan fingerprint density at radius 3 is 0.958 bits per heavy atom. The van der Waals surface area contributed by atoms with E-state index in [-0.39, 0.29) is 199 Å². The summed E-state index contributed by atoms with van der Waals surface area (Å²) >= 11 is 0. The van der Waals surface area contributed by atoms with Crippen LogP contribution in [0.4, 0.5) is 0 Å². The second kappa shape index (κ2) is 69.7. The van der Waals surface area contributed by atoms with Crippen LogP contribution in [-0.4, -0.2) is 0 Å². The van der Waals surface area contributed by atoms with Crippen LogP contribution in [-0.2, 0) is 199 Å². The van der Waals surface area contributed by atoms with E-state index in [1.54, 1.807) is 0 Å². The molecule has 0 saturated carbocycles. The monoisotopic (exact) mass is 2420 g/mol. The summed E-state index contributed by atoms with van der Waals surface area (Å²) in [5, 5.41) is 0. The maximum atomic E-state index is 3.38. The molecule has 3 radical (unpaired) electrons. The molecule has 0 spiro atoms.